The number of hydrogen-bond acceptors (Lipinski definition) is 2. The van der Waals surface area contributed by atoms with Crippen molar-refractivity contribution in [3.05, 3.63) is 47.3 Å². The van der Waals surface area contributed by atoms with Crippen LogP contribution in [0, 0.1) is 0 Å². The number of aliphatic hydroxyl groups excluding tert-OH is 1. The molecule has 1 N–H and O–H groups in total. The van der Waals surface area contributed by atoms with Crippen molar-refractivity contribution in [2.45, 2.75) is 12.5 Å². The Kier molecular flexibility index (Phi) is 3.99. The van der Waals surface area contributed by atoms with Gasteiger partial charge in [-0.05, 0) is 29.0 Å². The molecule has 0 spiro atoms. The largest absolute Gasteiger partial charge is 0.392 e. The van der Waals surface area contributed by atoms with Crippen molar-refractivity contribution in [3.63, 3.8) is 0 Å². The third-order valence-electron chi connectivity index (χ3n) is 2.41. The molecular weight excluding hydrogens is 240 g/mol. The molecule has 0 bridgehead atoms. The van der Waals surface area contributed by atoms with Crippen LogP contribution in [0.25, 0.3) is 10.4 Å². The van der Waals surface area contributed by atoms with E-state index in [0.29, 0.717) is 6.42 Å². The van der Waals surface area contributed by atoms with Crippen molar-refractivity contribution >= 4 is 22.9 Å². The molecule has 0 saturated carbocycles. The molecule has 1 aromatic heterocycles. The summed E-state index contributed by atoms with van der Waals surface area (Å²) in [6, 6.07) is 12.4. The molecule has 2 rings (SSSR count). The Labute approximate surface area is 104 Å². The summed E-state index contributed by atoms with van der Waals surface area (Å²) in [5.41, 5.74) is 2.34. The lowest BCUT2D eigenvalue weighted by molar-refractivity contribution is 0.199. The summed E-state index contributed by atoms with van der Waals surface area (Å²) in [6.07, 6.45) is 0.170. The van der Waals surface area contributed by atoms with Crippen LogP contribution in [0.15, 0.2) is 41.8 Å². The van der Waals surface area contributed by atoms with E-state index < -0.39 is 6.10 Å². The van der Waals surface area contributed by atoms with Gasteiger partial charge in [-0.1, -0.05) is 30.3 Å². The molecular formula is C13H13ClOS. The Bertz CT molecular complexity index is 422. The van der Waals surface area contributed by atoms with Gasteiger partial charge in [0.2, 0.25) is 0 Å². The summed E-state index contributed by atoms with van der Waals surface area (Å²) in [4.78, 5) is 1.27. The lowest BCUT2D eigenvalue weighted by Gasteiger charge is -2.07. The first-order valence-electron chi connectivity index (χ1n) is 5.16. The van der Waals surface area contributed by atoms with Crippen LogP contribution in [0.5, 0.6) is 0 Å². The molecule has 1 aromatic carbocycles. The molecule has 16 heavy (non-hydrogen) atoms. The molecule has 0 aliphatic heterocycles. The number of hydrogen-bond donors (Lipinski definition) is 1. The Balaban J connectivity index is 2.11. The fourth-order valence-corrected chi connectivity index (χ4v) is 2.42. The van der Waals surface area contributed by atoms with Gasteiger partial charge in [0.1, 0.15) is 0 Å². The average Bonchev–Trinajstić information content (AvgIpc) is 2.83. The quantitative estimate of drug-likeness (QED) is 0.825. The fraction of sp³-hybridized carbons (Fsp3) is 0.231. The van der Waals surface area contributed by atoms with E-state index in [2.05, 4.69) is 23.6 Å². The molecule has 84 valence electrons. The summed E-state index contributed by atoms with van der Waals surface area (Å²) in [7, 11) is 0. The van der Waals surface area contributed by atoms with Gasteiger partial charge in [-0.25, -0.2) is 0 Å². The summed E-state index contributed by atoms with van der Waals surface area (Å²) in [6.45, 7) is 0. The van der Waals surface area contributed by atoms with Crippen molar-refractivity contribution < 1.29 is 5.11 Å². The Morgan fingerprint density at radius 3 is 2.50 bits per heavy atom. The third-order valence-corrected chi connectivity index (χ3v) is 3.68. The minimum absolute atomic E-state index is 0.284. The standard InChI is InChI=1S/C13H13ClOS/c14-9-12(15)8-10-3-5-11(6-4-10)13-2-1-7-16-13/h1-7,12,15H,8-9H2. The first-order chi connectivity index (χ1) is 7.79. The van der Waals surface area contributed by atoms with Crippen molar-refractivity contribution in [1.29, 1.82) is 0 Å². The van der Waals surface area contributed by atoms with Crippen LogP contribution in [0.1, 0.15) is 5.56 Å². The van der Waals surface area contributed by atoms with Crippen LogP contribution >= 0.6 is 22.9 Å². The Morgan fingerprint density at radius 2 is 1.94 bits per heavy atom. The number of benzene rings is 1. The van der Waals surface area contributed by atoms with E-state index >= 15 is 0 Å². The highest BCUT2D eigenvalue weighted by Crippen LogP contribution is 2.24. The molecule has 1 atom stereocenters. The van der Waals surface area contributed by atoms with Gasteiger partial charge < -0.3 is 5.11 Å². The average molecular weight is 253 g/mol. The second kappa shape index (κ2) is 5.48. The first-order valence-corrected chi connectivity index (χ1v) is 6.58. The molecule has 0 saturated heterocycles. The van der Waals surface area contributed by atoms with Crippen LogP contribution in [-0.4, -0.2) is 17.1 Å². The van der Waals surface area contributed by atoms with E-state index in [9.17, 15) is 5.11 Å². The van der Waals surface area contributed by atoms with Gasteiger partial charge in [-0.2, -0.15) is 0 Å². The smallest absolute Gasteiger partial charge is 0.0715 e. The van der Waals surface area contributed by atoms with E-state index in [1.165, 1.54) is 10.4 Å². The molecule has 3 heteroatoms. The van der Waals surface area contributed by atoms with E-state index in [4.69, 9.17) is 11.6 Å². The van der Waals surface area contributed by atoms with E-state index in [0.717, 1.165) is 5.56 Å². The molecule has 0 radical (unpaired) electrons. The van der Waals surface area contributed by atoms with Crippen molar-refractivity contribution in [1.82, 2.24) is 0 Å². The summed E-state index contributed by atoms with van der Waals surface area (Å²) in [5, 5.41) is 11.5. The van der Waals surface area contributed by atoms with Crippen LogP contribution in [0.2, 0.25) is 0 Å². The molecule has 0 aliphatic rings. The number of rotatable bonds is 4. The fourth-order valence-electron chi connectivity index (χ4n) is 1.57. The second-order valence-corrected chi connectivity index (χ2v) is 4.94. The van der Waals surface area contributed by atoms with Gasteiger partial charge in [-0.15, -0.1) is 22.9 Å². The lowest BCUT2D eigenvalue weighted by Crippen LogP contribution is -2.11. The number of thiophene rings is 1. The normalized spacial score (nSPS) is 12.6. The maximum atomic E-state index is 9.43. The zero-order valence-electron chi connectivity index (χ0n) is 8.77. The third kappa shape index (κ3) is 2.85. The number of aliphatic hydroxyl groups is 1. The summed E-state index contributed by atoms with van der Waals surface area (Å²) >= 11 is 7.30. The molecule has 0 fully saturated rings. The van der Waals surface area contributed by atoms with Crippen LogP contribution in [0.3, 0.4) is 0 Å². The summed E-state index contributed by atoms with van der Waals surface area (Å²) < 4.78 is 0. The van der Waals surface area contributed by atoms with Gasteiger partial charge in [0.15, 0.2) is 0 Å². The molecule has 1 nitrogen and oxygen atoms in total. The van der Waals surface area contributed by atoms with Gasteiger partial charge >= 0.3 is 0 Å². The zero-order chi connectivity index (χ0) is 11.4. The van der Waals surface area contributed by atoms with Crippen molar-refractivity contribution in [3.8, 4) is 10.4 Å². The lowest BCUT2D eigenvalue weighted by atomic mass is 10.1. The topological polar surface area (TPSA) is 20.2 Å². The molecule has 1 heterocycles. The summed E-state index contributed by atoms with van der Waals surface area (Å²) in [5.74, 6) is 0.284. The predicted molar refractivity (Wildman–Crippen MR) is 70.2 cm³/mol. The van der Waals surface area contributed by atoms with E-state index in [-0.39, 0.29) is 5.88 Å². The molecule has 0 amide bonds. The van der Waals surface area contributed by atoms with Gasteiger partial charge in [-0.3, -0.25) is 0 Å². The van der Waals surface area contributed by atoms with E-state index in [1.54, 1.807) is 11.3 Å². The van der Waals surface area contributed by atoms with Gasteiger partial charge in [0.25, 0.3) is 0 Å². The van der Waals surface area contributed by atoms with E-state index in [1.807, 2.05) is 18.2 Å². The number of alkyl halides is 1. The zero-order valence-corrected chi connectivity index (χ0v) is 10.3. The number of halogens is 1. The minimum Gasteiger partial charge on any atom is -0.392 e. The SMILES string of the molecule is OC(CCl)Cc1ccc(-c2cccs2)cc1. The van der Waals surface area contributed by atoms with Crippen LogP contribution in [-0.2, 0) is 6.42 Å². The van der Waals surface area contributed by atoms with Crippen LogP contribution in [0.4, 0.5) is 0 Å². The monoisotopic (exact) mass is 252 g/mol. The van der Waals surface area contributed by atoms with Gasteiger partial charge in [0.05, 0.1) is 6.10 Å². The Morgan fingerprint density at radius 1 is 1.19 bits per heavy atom. The van der Waals surface area contributed by atoms with Gasteiger partial charge in [0, 0.05) is 10.8 Å². The van der Waals surface area contributed by atoms with Crippen molar-refractivity contribution in [2.24, 2.45) is 0 Å². The highest BCUT2D eigenvalue weighted by molar-refractivity contribution is 7.13. The second-order valence-electron chi connectivity index (χ2n) is 3.69. The highest BCUT2D eigenvalue weighted by Gasteiger charge is 2.04. The maximum Gasteiger partial charge on any atom is 0.0715 e. The predicted octanol–water partition coefficient (Wildman–Crippen LogP) is 3.56. The van der Waals surface area contributed by atoms with Crippen molar-refractivity contribution in [2.75, 3.05) is 5.88 Å². The first kappa shape index (κ1) is 11.6. The molecule has 0 aliphatic carbocycles. The minimum atomic E-state index is -0.450. The Hall–Kier alpha value is -0.830. The molecule has 2 aromatic rings. The maximum absolute atomic E-state index is 9.43. The molecule has 1 unspecified atom stereocenters. The van der Waals surface area contributed by atoms with Crippen LogP contribution < -0.4 is 0 Å². The highest BCUT2D eigenvalue weighted by atomic mass is 35.5.